The van der Waals surface area contributed by atoms with Crippen molar-refractivity contribution in [1.29, 1.82) is 0 Å². The number of aliphatic hydroxyl groups is 2. The Morgan fingerprint density at radius 1 is 1.00 bits per heavy atom. The van der Waals surface area contributed by atoms with Crippen LogP contribution in [0.4, 0.5) is 0 Å². The summed E-state index contributed by atoms with van der Waals surface area (Å²) < 4.78 is 10.5. The zero-order chi connectivity index (χ0) is 15.3. The molecule has 0 bridgehead atoms. The van der Waals surface area contributed by atoms with Crippen molar-refractivity contribution in [2.24, 2.45) is 0 Å². The van der Waals surface area contributed by atoms with Crippen LogP contribution in [0.15, 0.2) is 0 Å². The molecular weight excluding hydrogens is 248 g/mol. The minimum Gasteiger partial charge on any atom is -0.460 e. The Kier molecular flexibility index (Phi) is 6.97. The average molecular weight is 276 g/mol. The first-order chi connectivity index (χ1) is 8.39. The molecule has 0 rings (SSSR count). The van der Waals surface area contributed by atoms with E-state index in [0.717, 1.165) is 0 Å². The van der Waals surface area contributed by atoms with Gasteiger partial charge in [-0.3, -0.25) is 4.79 Å². The molecule has 0 aromatic carbocycles. The van der Waals surface area contributed by atoms with Crippen molar-refractivity contribution in [1.82, 2.24) is 0 Å². The predicted molar refractivity (Wildman–Crippen MR) is 72.8 cm³/mol. The molecule has 0 aromatic heterocycles. The molecule has 0 heterocycles. The third-order valence-electron chi connectivity index (χ3n) is 2.08. The maximum Gasteiger partial charge on any atom is 0.308 e. The van der Waals surface area contributed by atoms with Gasteiger partial charge in [-0.2, -0.15) is 0 Å². The summed E-state index contributed by atoms with van der Waals surface area (Å²) in [5.74, 6) is -0.469. The van der Waals surface area contributed by atoms with Gasteiger partial charge in [0.15, 0.2) is 0 Å². The molecule has 0 aliphatic rings. The molecule has 0 unspecified atom stereocenters. The molecule has 0 aliphatic carbocycles. The van der Waals surface area contributed by atoms with Gasteiger partial charge in [-0.25, -0.2) is 0 Å². The van der Waals surface area contributed by atoms with E-state index in [1.165, 1.54) is 0 Å². The Morgan fingerprint density at radius 2 is 1.53 bits per heavy atom. The summed E-state index contributed by atoms with van der Waals surface area (Å²) >= 11 is 0. The molecule has 0 aliphatic heterocycles. The normalized spacial score (nSPS) is 16.0. The molecule has 2 atom stereocenters. The van der Waals surface area contributed by atoms with Gasteiger partial charge in [-0.15, -0.1) is 0 Å². The summed E-state index contributed by atoms with van der Waals surface area (Å²) in [5.41, 5.74) is -0.901. The Hall–Kier alpha value is -0.650. The monoisotopic (exact) mass is 276 g/mol. The van der Waals surface area contributed by atoms with Gasteiger partial charge >= 0.3 is 5.97 Å². The summed E-state index contributed by atoms with van der Waals surface area (Å²) in [6.07, 6.45) is -1.75. The van der Waals surface area contributed by atoms with Crippen molar-refractivity contribution in [3.8, 4) is 0 Å². The van der Waals surface area contributed by atoms with Crippen LogP contribution >= 0.6 is 0 Å². The summed E-state index contributed by atoms with van der Waals surface area (Å²) in [4.78, 5) is 11.5. The van der Waals surface area contributed by atoms with Gasteiger partial charge in [-0.05, 0) is 41.5 Å². The number of rotatable bonds is 6. The molecule has 0 aromatic rings. The standard InChI is InChI=1S/C14H28O5/c1-13(2,3)18-9-11(16)7-10(15)8-12(17)19-14(4,5)6/h10-11,15-16H,7-9H2,1-6H3/t10-,11-/m0/s1. The summed E-state index contributed by atoms with van der Waals surface area (Å²) in [5, 5.41) is 19.4. The van der Waals surface area contributed by atoms with Crippen LogP contribution < -0.4 is 0 Å². The molecule has 19 heavy (non-hydrogen) atoms. The van der Waals surface area contributed by atoms with Crippen LogP contribution in [0.25, 0.3) is 0 Å². The lowest BCUT2D eigenvalue weighted by Crippen LogP contribution is -2.31. The predicted octanol–water partition coefficient (Wildman–Crippen LogP) is 1.65. The lowest BCUT2D eigenvalue weighted by molar-refractivity contribution is -0.157. The molecule has 0 amide bonds. The minimum absolute atomic E-state index is 0.0926. The summed E-state index contributed by atoms with van der Waals surface area (Å²) in [6.45, 7) is 11.1. The van der Waals surface area contributed by atoms with Crippen molar-refractivity contribution >= 4 is 5.97 Å². The van der Waals surface area contributed by atoms with Crippen LogP contribution in [0.5, 0.6) is 0 Å². The van der Waals surface area contributed by atoms with Gasteiger partial charge in [0.25, 0.3) is 0 Å². The van der Waals surface area contributed by atoms with E-state index >= 15 is 0 Å². The van der Waals surface area contributed by atoms with E-state index in [9.17, 15) is 15.0 Å². The van der Waals surface area contributed by atoms with E-state index in [-0.39, 0.29) is 25.0 Å². The number of hydrogen-bond acceptors (Lipinski definition) is 5. The van der Waals surface area contributed by atoms with Gasteiger partial charge in [-0.1, -0.05) is 0 Å². The fourth-order valence-corrected chi connectivity index (χ4v) is 1.39. The van der Waals surface area contributed by atoms with E-state index in [0.29, 0.717) is 0 Å². The van der Waals surface area contributed by atoms with Crippen molar-refractivity contribution in [3.05, 3.63) is 0 Å². The average Bonchev–Trinajstić information content (AvgIpc) is 2.09. The molecule has 114 valence electrons. The Balaban J connectivity index is 3.97. The number of hydrogen-bond donors (Lipinski definition) is 2. The molecule has 5 nitrogen and oxygen atoms in total. The number of esters is 1. The van der Waals surface area contributed by atoms with Gasteiger partial charge in [0.2, 0.25) is 0 Å². The second kappa shape index (κ2) is 7.22. The SMILES string of the molecule is CC(C)(C)OC[C@@H](O)C[C@H](O)CC(=O)OC(C)(C)C. The molecular formula is C14H28O5. The highest BCUT2D eigenvalue weighted by atomic mass is 16.6. The molecule has 0 saturated heterocycles. The third-order valence-corrected chi connectivity index (χ3v) is 2.08. The van der Waals surface area contributed by atoms with Crippen molar-refractivity contribution < 1.29 is 24.5 Å². The van der Waals surface area contributed by atoms with Gasteiger partial charge in [0.05, 0.1) is 30.8 Å². The van der Waals surface area contributed by atoms with Crippen LogP contribution in [-0.4, -0.2) is 46.2 Å². The zero-order valence-corrected chi connectivity index (χ0v) is 12.9. The van der Waals surface area contributed by atoms with Gasteiger partial charge in [0, 0.05) is 6.42 Å². The van der Waals surface area contributed by atoms with E-state index in [4.69, 9.17) is 9.47 Å². The second-order valence-electron chi connectivity index (χ2n) is 6.76. The van der Waals surface area contributed by atoms with Crippen molar-refractivity contribution in [3.63, 3.8) is 0 Å². The number of ether oxygens (including phenoxy) is 2. The van der Waals surface area contributed by atoms with E-state index < -0.39 is 23.8 Å². The minimum atomic E-state index is -0.923. The molecule has 2 N–H and O–H groups in total. The fourth-order valence-electron chi connectivity index (χ4n) is 1.39. The van der Waals surface area contributed by atoms with E-state index in [1.807, 2.05) is 20.8 Å². The topological polar surface area (TPSA) is 76.0 Å². The fraction of sp³-hybridized carbons (Fsp3) is 0.929. The molecule has 0 radical (unpaired) electrons. The van der Waals surface area contributed by atoms with Crippen LogP contribution in [-0.2, 0) is 14.3 Å². The van der Waals surface area contributed by atoms with Crippen molar-refractivity contribution in [2.75, 3.05) is 6.61 Å². The van der Waals surface area contributed by atoms with Crippen molar-refractivity contribution in [2.45, 2.75) is 77.8 Å². The molecule has 0 spiro atoms. The second-order valence-corrected chi connectivity index (χ2v) is 6.76. The lowest BCUT2D eigenvalue weighted by Gasteiger charge is -2.24. The Bertz CT molecular complexity index is 275. The first kappa shape index (κ1) is 18.4. The highest BCUT2D eigenvalue weighted by Crippen LogP contribution is 2.13. The largest absolute Gasteiger partial charge is 0.460 e. The van der Waals surface area contributed by atoms with E-state index in [1.54, 1.807) is 20.8 Å². The first-order valence-electron chi connectivity index (χ1n) is 6.61. The quantitative estimate of drug-likeness (QED) is 0.721. The highest BCUT2D eigenvalue weighted by molar-refractivity contribution is 5.70. The molecule has 0 fully saturated rings. The Labute approximate surface area is 115 Å². The molecule has 0 saturated carbocycles. The van der Waals surface area contributed by atoms with Crippen LogP contribution in [0, 0.1) is 0 Å². The van der Waals surface area contributed by atoms with Crippen LogP contribution in [0.3, 0.4) is 0 Å². The van der Waals surface area contributed by atoms with Gasteiger partial charge in [0.1, 0.15) is 5.60 Å². The van der Waals surface area contributed by atoms with Gasteiger partial charge < -0.3 is 19.7 Å². The van der Waals surface area contributed by atoms with E-state index in [2.05, 4.69) is 0 Å². The zero-order valence-electron chi connectivity index (χ0n) is 12.9. The highest BCUT2D eigenvalue weighted by Gasteiger charge is 2.22. The smallest absolute Gasteiger partial charge is 0.308 e. The third kappa shape index (κ3) is 12.1. The van der Waals surface area contributed by atoms with Crippen LogP contribution in [0.1, 0.15) is 54.4 Å². The number of carbonyl (C=O) groups is 1. The maximum absolute atomic E-state index is 11.5. The summed E-state index contributed by atoms with van der Waals surface area (Å²) in [7, 11) is 0. The summed E-state index contributed by atoms with van der Waals surface area (Å²) in [6, 6.07) is 0. The Morgan fingerprint density at radius 3 is 1.95 bits per heavy atom. The molecule has 5 heteroatoms. The van der Waals surface area contributed by atoms with Crippen LogP contribution in [0.2, 0.25) is 0 Å². The first-order valence-corrected chi connectivity index (χ1v) is 6.61. The maximum atomic E-state index is 11.5. The number of carbonyl (C=O) groups excluding carboxylic acids is 1. The lowest BCUT2D eigenvalue weighted by atomic mass is 10.1. The number of aliphatic hydroxyl groups excluding tert-OH is 2.